The summed E-state index contributed by atoms with van der Waals surface area (Å²) in [7, 11) is 0. The van der Waals surface area contributed by atoms with Crippen LogP contribution >= 0.6 is 0 Å². The number of carboxylic acids is 1. The molecule has 1 aromatic rings. The van der Waals surface area contributed by atoms with Crippen LogP contribution in [0.1, 0.15) is 52.0 Å². The zero-order chi connectivity index (χ0) is 14.7. The number of amides is 1. The molecule has 0 heterocycles. The van der Waals surface area contributed by atoms with Crippen molar-refractivity contribution >= 4 is 17.6 Å². The number of carboxylic acid groups (broad SMARTS) is 1. The number of anilines is 1. The minimum atomic E-state index is -0.998. The number of carbonyl (C=O) groups excluding carboxylic acids is 1. The van der Waals surface area contributed by atoms with Crippen molar-refractivity contribution in [2.45, 2.75) is 32.6 Å². The van der Waals surface area contributed by atoms with Gasteiger partial charge in [-0.15, -0.1) is 0 Å². The topological polar surface area (TPSA) is 92.4 Å². The van der Waals surface area contributed by atoms with Gasteiger partial charge >= 0.3 is 5.97 Å². The fraction of sp³-hybridized carbons (Fsp3) is 0.467. The van der Waals surface area contributed by atoms with Crippen LogP contribution < -0.4 is 11.1 Å². The van der Waals surface area contributed by atoms with E-state index in [0.717, 1.165) is 6.54 Å². The van der Waals surface area contributed by atoms with Crippen molar-refractivity contribution in [3.05, 3.63) is 28.8 Å². The highest BCUT2D eigenvalue weighted by Gasteiger charge is 2.18. The summed E-state index contributed by atoms with van der Waals surface area (Å²) in [4.78, 5) is 22.7. The highest BCUT2D eigenvalue weighted by atomic mass is 16.4. The van der Waals surface area contributed by atoms with Gasteiger partial charge in [-0.3, -0.25) is 4.79 Å². The van der Waals surface area contributed by atoms with Crippen molar-refractivity contribution in [3.63, 3.8) is 0 Å². The molecule has 0 aromatic heterocycles. The number of rotatable bonds is 5. The van der Waals surface area contributed by atoms with Crippen LogP contribution in [0.25, 0.3) is 0 Å². The van der Waals surface area contributed by atoms with E-state index in [1.165, 1.54) is 31.7 Å². The van der Waals surface area contributed by atoms with Gasteiger partial charge in [-0.25, -0.2) is 4.79 Å². The maximum Gasteiger partial charge on any atom is 0.336 e. The van der Waals surface area contributed by atoms with E-state index in [1.54, 1.807) is 13.0 Å². The first-order valence-corrected chi connectivity index (χ1v) is 6.90. The van der Waals surface area contributed by atoms with Crippen LogP contribution in [-0.2, 0) is 0 Å². The standard InChI is InChI=1S/C15H20N2O3/c1-9-6-12(14(16)18)13(7-11(9)15(19)20)17-8-10-4-2-3-5-10/h6-7,10,17H,2-5,8H2,1H3,(H2,16,18)(H,19,20). The molecule has 20 heavy (non-hydrogen) atoms. The monoisotopic (exact) mass is 276 g/mol. The third kappa shape index (κ3) is 3.10. The number of hydrogen-bond acceptors (Lipinski definition) is 3. The molecule has 1 amide bonds. The van der Waals surface area contributed by atoms with Gasteiger partial charge in [0, 0.05) is 12.2 Å². The highest BCUT2D eigenvalue weighted by molar-refractivity contribution is 6.01. The molecule has 0 atom stereocenters. The summed E-state index contributed by atoms with van der Waals surface area (Å²) < 4.78 is 0. The second kappa shape index (κ2) is 5.94. The number of carbonyl (C=O) groups is 2. The average Bonchev–Trinajstić information content (AvgIpc) is 2.89. The second-order valence-corrected chi connectivity index (χ2v) is 5.41. The number of primary amides is 1. The summed E-state index contributed by atoms with van der Waals surface area (Å²) >= 11 is 0. The number of aromatic carboxylic acids is 1. The Labute approximate surface area is 118 Å². The molecule has 5 nitrogen and oxygen atoms in total. The lowest BCUT2D eigenvalue weighted by atomic mass is 10.0. The van der Waals surface area contributed by atoms with Crippen LogP contribution in [0.5, 0.6) is 0 Å². The van der Waals surface area contributed by atoms with Crippen molar-refractivity contribution < 1.29 is 14.7 Å². The number of benzene rings is 1. The summed E-state index contributed by atoms with van der Waals surface area (Å²) in [6.07, 6.45) is 4.83. The molecule has 0 bridgehead atoms. The van der Waals surface area contributed by atoms with E-state index in [0.29, 0.717) is 22.7 Å². The largest absolute Gasteiger partial charge is 0.478 e. The highest BCUT2D eigenvalue weighted by Crippen LogP contribution is 2.27. The Balaban J connectivity index is 2.25. The summed E-state index contributed by atoms with van der Waals surface area (Å²) in [6.45, 7) is 2.42. The maximum absolute atomic E-state index is 11.5. The van der Waals surface area contributed by atoms with Gasteiger partial charge in [0.1, 0.15) is 0 Å². The summed E-state index contributed by atoms with van der Waals surface area (Å²) in [5.74, 6) is -0.952. The van der Waals surface area contributed by atoms with Crippen LogP contribution in [0.3, 0.4) is 0 Å². The third-order valence-electron chi connectivity index (χ3n) is 3.92. The van der Waals surface area contributed by atoms with Crippen LogP contribution in [0.2, 0.25) is 0 Å². The number of hydrogen-bond donors (Lipinski definition) is 3. The lowest BCUT2D eigenvalue weighted by Gasteiger charge is -2.16. The molecule has 1 aliphatic rings. The predicted octanol–water partition coefficient (Wildman–Crippen LogP) is 2.39. The molecule has 1 fully saturated rings. The Bertz CT molecular complexity index is 534. The predicted molar refractivity (Wildman–Crippen MR) is 77.1 cm³/mol. The Morgan fingerprint density at radius 1 is 1.30 bits per heavy atom. The molecule has 1 saturated carbocycles. The summed E-state index contributed by atoms with van der Waals surface area (Å²) in [6, 6.07) is 3.05. The fourth-order valence-electron chi connectivity index (χ4n) is 2.76. The number of nitrogens with one attached hydrogen (secondary N) is 1. The minimum Gasteiger partial charge on any atom is -0.478 e. The zero-order valence-electron chi connectivity index (χ0n) is 11.6. The smallest absolute Gasteiger partial charge is 0.336 e. The molecule has 108 valence electrons. The molecule has 0 saturated heterocycles. The molecular formula is C15H20N2O3. The lowest BCUT2D eigenvalue weighted by Crippen LogP contribution is -2.18. The van der Waals surface area contributed by atoms with E-state index in [4.69, 9.17) is 10.8 Å². The van der Waals surface area contributed by atoms with Crippen LogP contribution in [0.15, 0.2) is 12.1 Å². The Morgan fingerprint density at radius 2 is 1.95 bits per heavy atom. The van der Waals surface area contributed by atoms with Gasteiger partial charge in [-0.2, -0.15) is 0 Å². The summed E-state index contributed by atoms with van der Waals surface area (Å²) in [5, 5.41) is 12.4. The van der Waals surface area contributed by atoms with Gasteiger partial charge in [0.05, 0.1) is 11.1 Å². The normalized spacial score (nSPS) is 15.2. The van der Waals surface area contributed by atoms with Gasteiger partial charge in [-0.1, -0.05) is 12.8 Å². The number of aryl methyl sites for hydroxylation is 1. The van der Waals surface area contributed by atoms with Crippen LogP contribution in [0.4, 0.5) is 5.69 Å². The zero-order valence-corrected chi connectivity index (χ0v) is 11.6. The second-order valence-electron chi connectivity index (χ2n) is 5.41. The molecule has 1 aliphatic carbocycles. The average molecular weight is 276 g/mol. The van der Waals surface area contributed by atoms with Crippen molar-refractivity contribution in [1.82, 2.24) is 0 Å². The molecule has 5 heteroatoms. The minimum absolute atomic E-state index is 0.198. The fourth-order valence-corrected chi connectivity index (χ4v) is 2.76. The van der Waals surface area contributed by atoms with Gasteiger partial charge in [0.15, 0.2) is 0 Å². The van der Waals surface area contributed by atoms with E-state index in [2.05, 4.69) is 5.32 Å². The van der Waals surface area contributed by atoms with E-state index in [-0.39, 0.29) is 5.56 Å². The molecule has 0 radical (unpaired) electrons. The molecule has 4 N–H and O–H groups in total. The molecule has 2 rings (SSSR count). The van der Waals surface area contributed by atoms with Crippen molar-refractivity contribution in [2.24, 2.45) is 11.7 Å². The first kappa shape index (κ1) is 14.4. The number of nitrogens with two attached hydrogens (primary N) is 1. The third-order valence-corrected chi connectivity index (χ3v) is 3.92. The van der Waals surface area contributed by atoms with Crippen molar-refractivity contribution in [2.75, 3.05) is 11.9 Å². The Morgan fingerprint density at radius 3 is 2.50 bits per heavy atom. The van der Waals surface area contributed by atoms with E-state index in [1.807, 2.05) is 0 Å². The Hall–Kier alpha value is -2.04. The molecule has 0 unspecified atom stereocenters. The van der Waals surface area contributed by atoms with Crippen molar-refractivity contribution in [1.29, 1.82) is 0 Å². The SMILES string of the molecule is Cc1cc(C(N)=O)c(NCC2CCCC2)cc1C(=O)O. The molecule has 0 spiro atoms. The van der Waals surface area contributed by atoms with Crippen molar-refractivity contribution in [3.8, 4) is 0 Å². The first-order valence-electron chi connectivity index (χ1n) is 6.90. The van der Waals surface area contributed by atoms with Crippen LogP contribution in [-0.4, -0.2) is 23.5 Å². The van der Waals surface area contributed by atoms with E-state index >= 15 is 0 Å². The maximum atomic E-state index is 11.5. The molecule has 0 aliphatic heterocycles. The van der Waals surface area contributed by atoms with Gasteiger partial charge in [0.25, 0.3) is 5.91 Å². The lowest BCUT2D eigenvalue weighted by molar-refractivity contribution is 0.0695. The van der Waals surface area contributed by atoms with Gasteiger partial charge < -0.3 is 16.2 Å². The van der Waals surface area contributed by atoms with Gasteiger partial charge in [-0.05, 0) is 43.4 Å². The molecular weight excluding hydrogens is 256 g/mol. The molecule has 1 aromatic carbocycles. The quantitative estimate of drug-likeness (QED) is 0.770. The van der Waals surface area contributed by atoms with Crippen LogP contribution in [0, 0.1) is 12.8 Å². The van der Waals surface area contributed by atoms with E-state index < -0.39 is 11.9 Å². The Kier molecular flexibility index (Phi) is 4.27. The van der Waals surface area contributed by atoms with E-state index in [9.17, 15) is 9.59 Å². The summed E-state index contributed by atoms with van der Waals surface area (Å²) in [5.41, 5.74) is 6.98. The first-order chi connectivity index (χ1) is 9.49. The van der Waals surface area contributed by atoms with Gasteiger partial charge in [0.2, 0.25) is 0 Å².